The number of aryl methyl sites for hydroxylation is 1. The zero-order chi connectivity index (χ0) is 21.5. The van der Waals surface area contributed by atoms with Crippen LogP contribution >= 0.6 is 11.3 Å². The van der Waals surface area contributed by atoms with Crippen molar-refractivity contribution in [2.24, 2.45) is 5.10 Å². The molecule has 0 fully saturated rings. The third kappa shape index (κ3) is 4.85. The van der Waals surface area contributed by atoms with E-state index in [1.54, 1.807) is 19.1 Å². The number of anilines is 1. The van der Waals surface area contributed by atoms with Gasteiger partial charge in [-0.3, -0.25) is 9.59 Å². The lowest BCUT2D eigenvalue weighted by atomic mass is 10.1. The number of fused-ring (bicyclic) bond motifs is 1. The van der Waals surface area contributed by atoms with Gasteiger partial charge in [0.25, 0.3) is 0 Å². The molecule has 0 atom stereocenters. The molecule has 30 heavy (non-hydrogen) atoms. The van der Waals surface area contributed by atoms with Crippen molar-refractivity contribution in [3.05, 3.63) is 45.8 Å². The number of rotatable bonds is 7. The van der Waals surface area contributed by atoms with Crippen LogP contribution in [0.2, 0.25) is 0 Å². The van der Waals surface area contributed by atoms with Gasteiger partial charge in [-0.05, 0) is 50.8 Å². The Morgan fingerprint density at radius 3 is 2.70 bits per heavy atom. The third-order valence-corrected chi connectivity index (χ3v) is 5.63. The van der Waals surface area contributed by atoms with E-state index in [1.165, 1.54) is 17.6 Å². The smallest absolute Gasteiger partial charge is 0.341 e. The summed E-state index contributed by atoms with van der Waals surface area (Å²) in [6.45, 7) is 4.31. The summed E-state index contributed by atoms with van der Waals surface area (Å²) in [6, 6.07) is 7.20. The lowest BCUT2D eigenvalue weighted by Crippen LogP contribution is -2.32. The largest absolute Gasteiger partial charge is 0.493 e. The van der Waals surface area contributed by atoms with Crippen LogP contribution < -0.4 is 15.5 Å². The van der Waals surface area contributed by atoms with Gasteiger partial charge in [-0.2, -0.15) is 5.10 Å². The number of carbonyl (C=O) groups is 3. The normalized spacial score (nSPS) is 12.5. The maximum absolute atomic E-state index is 12.3. The van der Waals surface area contributed by atoms with E-state index in [4.69, 9.17) is 9.47 Å². The number of benzene rings is 1. The molecule has 1 aliphatic rings. The molecule has 0 saturated carbocycles. The second kappa shape index (κ2) is 10.0. The number of nitrogens with one attached hydrogen (secondary N) is 2. The van der Waals surface area contributed by atoms with Crippen molar-refractivity contribution in [1.82, 2.24) is 5.43 Å². The summed E-state index contributed by atoms with van der Waals surface area (Å²) in [4.78, 5) is 37.9. The summed E-state index contributed by atoms with van der Waals surface area (Å²) in [5.41, 5.74) is 4.12. The molecule has 2 N–H and O–H groups in total. The van der Waals surface area contributed by atoms with E-state index in [1.807, 2.05) is 19.1 Å². The van der Waals surface area contributed by atoms with Gasteiger partial charge in [0.15, 0.2) is 0 Å². The van der Waals surface area contributed by atoms with Crippen molar-refractivity contribution in [2.45, 2.75) is 33.1 Å². The van der Waals surface area contributed by atoms with Crippen LogP contribution in [-0.4, -0.2) is 37.2 Å². The Hall–Kier alpha value is -3.20. The molecule has 1 heterocycles. The highest BCUT2D eigenvalue weighted by atomic mass is 32.1. The van der Waals surface area contributed by atoms with E-state index in [0.717, 1.165) is 29.7 Å². The van der Waals surface area contributed by atoms with Gasteiger partial charge in [0.2, 0.25) is 0 Å². The molecule has 3 rings (SSSR count). The second-order valence-corrected chi connectivity index (χ2v) is 7.51. The van der Waals surface area contributed by atoms with E-state index in [2.05, 4.69) is 15.8 Å². The summed E-state index contributed by atoms with van der Waals surface area (Å²) < 4.78 is 10.6. The predicted octanol–water partition coefficient (Wildman–Crippen LogP) is 2.90. The fourth-order valence-corrected chi connectivity index (χ4v) is 4.43. The highest BCUT2D eigenvalue weighted by Crippen LogP contribution is 2.39. The zero-order valence-corrected chi connectivity index (χ0v) is 17.6. The molecule has 0 radical (unpaired) electrons. The third-order valence-electron chi connectivity index (χ3n) is 4.42. The first-order valence-corrected chi connectivity index (χ1v) is 10.5. The first-order valence-electron chi connectivity index (χ1n) is 9.73. The Kier molecular flexibility index (Phi) is 7.18. The summed E-state index contributed by atoms with van der Waals surface area (Å²) in [5, 5.41) is 6.70. The number of thiophene rings is 1. The Labute approximate surface area is 178 Å². The van der Waals surface area contributed by atoms with Crippen molar-refractivity contribution in [2.75, 3.05) is 18.5 Å². The number of esters is 1. The lowest BCUT2D eigenvalue weighted by Gasteiger charge is -2.07. The van der Waals surface area contributed by atoms with Gasteiger partial charge in [-0.25, -0.2) is 10.2 Å². The van der Waals surface area contributed by atoms with Crippen molar-refractivity contribution in [3.63, 3.8) is 0 Å². The number of amides is 2. The Morgan fingerprint density at radius 1 is 1.13 bits per heavy atom. The summed E-state index contributed by atoms with van der Waals surface area (Å²) in [7, 11) is 0. The topological polar surface area (TPSA) is 106 Å². The monoisotopic (exact) mass is 429 g/mol. The zero-order valence-electron chi connectivity index (χ0n) is 16.8. The molecule has 158 valence electrons. The lowest BCUT2D eigenvalue weighted by molar-refractivity contribution is -0.136. The average molecular weight is 429 g/mol. The van der Waals surface area contributed by atoms with Crippen LogP contribution in [0.3, 0.4) is 0 Å². The van der Waals surface area contributed by atoms with Crippen molar-refractivity contribution >= 4 is 40.3 Å². The van der Waals surface area contributed by atoms with Crippen LogP contribution in [-0.2, 0) is 27.2 Å². The molecule has 9 heteroatoms. The first-order chi connectivity index (χ1) is 14.5. The molecule has 8 nitrogen and oxygen atoms in total. The van der Waals surface area contributed by atoms with Gasteiger partial charge in [-0.1, -0.05) is 12.1 Å². The number of ether oxygens (including phenoxy) is 2. The minimum Gasteiger partial charge on any atom is -0.493 e. The molecular formula is C21H23N3O5S. The van der Waals surface area contributed by atoms with Crippen molar-refractivity contribution in [3.8, 4) is 5.75 Å². The minimum atomic E-state index is -0.941. The van der Waals surface area contributed by atoms with E-state index in [-0.39, 0.29) is 6.61 Å². The van der Waals surface area contributed by atoms with Crippen LogP contribution in [0, 0.1) is 0 Å². The van der Waals surface area contributed by atoms with Gasteiger partial charge in [0, 0.05) is 10.4 Å². The maximum Gasteiger partial charge on any atom is 0.341 e. The first kappa shape index (κ1) is 21.5. The quantitative estimate of drug-likeness (QED) is 0.305. The number of nitrogens with zero attached hydrogens (tertiary/aromatic N) is 1. The highest BCUT2D eigenvalue weighted by molar-refractivity contribution is 7.17. The molecule has 1 aliphatic carbocycles. The number of hydrazone groups is 1. The van der Waals surface area contributed by atoms with Crippen LogP contribution in [0.1, 0.15) is 46.6 Å². The Morgan fingerprint density at radius 2 is 1.93 bits per heavy atom. The van der Waals surface area contributed by atoms with Crippen LogP contribution in [0.15, 0.2) is 29.4 Å². The van der Waals surface area contributed by atoms with Crippen molar-refractivity contribution < 1.29 is 23.9 Å². The van der Waals surface area contributed by atoms with E-state index in [0.29, 0.717) is 28.5 Å². The van der Waals surface area contributed by atoms with E-state index in [9.17, 15) is 14.4 Å². The number of carbonyl (C=O) groups excluding carboxylic acids is 3. The van der Waals surface area contributed by atoms with E-state index >= 15 is 0 Å². The second-order valence-electron chi connectivity index (χ2n) is 6.41. The summed E-state index contributed by atoms with van der Waals surface area (Å²) in [6.07, 6.45) is 3.96. The molecule has 0 bridgehead atoms. The molecule has 2 aromatic rings. The number of hydrogen-bond donors (Lipinski definition) is 2. The Balaban J connectivity index is 1.67. The predicted molar refractivity (Wildman–Crippen MR) is 114 cm³/mol. The Bertz CT molecular complexity index is 983. The SMILES string of the molecule is CCOC(=O)c1c(NC(=O)C(=O)N/N=C/c2ccccc2OCC)sc2c1CCC2. The van der Waals surface area contributed by atoms with Crippen molar-refractivity contribution in [1.29, 1.82) is 0 Å². The van der Waals surface area contributed by atoms with Gasteiger partial charge in [0.05, 0.1) is 25.0 Å². The summed E-state index contributed by atoms with van der Waals surface area (Å²) in [5.74, 6) is -1.72. The molecule has 1 aromatic heterocycles. The fourth-order valence-electron chi connectivity index (χ4n) is 3.16. The maximum atomic E-state index is 12.3. The van der Waals surface area contributed by atoms with Crippen LogP contribution in [0.25, 0.3) is 0 Å². The molecular weight excluding hydrogens is 406 g/mol. The molecule has 0 spiro atoms. The molecule has 2 amide bonds. The standard InChI is InChI=1S/C21H23N3O5S/c1-3-28-15-10-6-5-8-13(15)12-22-24-19(26)18(25)23-20-17(21(27)29-4-2)14-9-7-11-16(14)30-20/h5-6,8,10,12H,3-4,7,9,11H2,1-2H3,(H,23,25)(H,24,26)/b22-12+. The van der Waals surface area contributed by atoms with Gasteiger partial charge in [0.1, 0.15) is 10.8 Å². The van der Waals surface area contributed by atoms with Gasteiger partial charge in [-0.15, -0.1) is 11.3 Å². The molecule has 1 aromatic carbocycles. The number of para-hydroxylation sites is 1. The average Bonchev–Trinajstić information content (AvgIpc) is 3.30. The van der Waals surface area contributed by atoms with Crippen LogP contribution in [0.5, 0.6) is 5.75 Å². The molecule has 0 aliphatic heterocycles. The van der Waals surface area contributed by atoms with Gasteiger partial charge < -0.3 is 14.8 Å². The van der Waals surface area contributed by atoms with E-state index < -0.39 is 17.8 Å². The van der Waals surface area contributed by atoms with Gasteiger partial charge >= 0.3 is 17.8 Å². The summed E-state index contributed by atoms with van der Waals surface area (Å²) >= 11 is 1.31. The molecule has 0 unspecified atom stereocenters. The fraction of sp³-hybridized carbons (Fsp3) is 0.333. The number of hydrogen-bond acceptors (Lipinski definition) is 7. The molecule has 0 saturated heterocycles. The van der Waals surface area contributed by atoms with Crippen LogP contribution in [0.4, 0.5) is 5.00 Å². The highest BCUT2D eigenvalue weighted by Gasteiger charge is 2.29. The minimum absolute atomic E-state index is 0.231.